The highest BCUT2D eigenvalue weighted by Crippen LogP contribution is 2.29. The van der Waals surface area contributed by atoms with E-state index in [9.17, 15) is 0 Å². The summed E-state index contributed by atoms with van der Waals surface area (Å²) in [5.41, 5.74) is 13.8. The van der Waals surface area contributed by atoms with Gasteiger partial charge in [0.25, 0.3) is 0 Å². The van der Waals surface area contributed by atoms with Crippen molar-refractivity contribution >= 4 is 0 Å². The zero-order chi connectivity index (χ0) is 74.9. The average molecular weight is 1420 g/mol. The summed E-state index contributed by atoms with van der Waals surface area (Å²) in [6.07, 6.45) is 21.8. The molecular weight excluding hydrogens is 1350 g/mol. The number of aromatic nitrogens is 24. The molecule has 24 nitrogen and oxygen atoms in total. The van der Waals surface area contributed by atoms with Crippen LogP contribution in [0, 0.1) is 13.8 Å². The molecule has 108 heavy (non-hydrogen) atoms. The first kappa shape index (κ1) is 72.5. The Morgan fingerprint density at radius 1 is 0.306 bits per heavy atom. The highest BCUT2D eigenvalue weighted by molar-refractivity contribution is 5.66. The van der Waals surface area contributed by atoms with Crippen LogP contribution in [-0.2, 0) is 0 Å². The van der Waals surface area contributed by atoms with Crippen LogP contribution in [0.5, 0.6) is 0 Å². The van der Waals surface area contributed by atoms with Crippen LogP contribution in [0.4, 0.5) is 0 Å². The summed E-state index contributed by atoms with van der Waals surface area (Å²) in [4.78, 5) is 98.3. The van der Waals surface area contributed by atoms with Gasteiger partial charge in [0.1, 0.15) is 75.5 Å². The number of pyridine rings is 8. The van der Waals surface area contributed by atoms with Crippen LogP contribution in [0.1, 0.15) is 114 Å². The maximum absolute atomic E-state index is 4.79. The van der Waals surface area contributed by atoms with Crippen molar-refractivity contribution in [1.82, 2.24) is 114 Å². The zero-order valence-electron chi connectivity index (χ0n) is 61.3. The predicted octanol–water partition coefficient (Wildman–Crippen LogP) is 16.2. The van der Waals surface area contributed by atoms with Crippen LogP contribution in [0.25, 0.3) is 126 Å². The summed E-state index contributed by atoms with van der Waals surface area (Å²) in [6, 6.07) is 58.7. The summed E-state index contributed by atoms with van der Waals surface area (Å²) >= 11 is 0. The van der Waals surface area contributed by atoms with Gasteiger partial charge in [-0.15, -0.1) is 0 Å². The summed E-state index contributed by atoms with van der Waals surface area (Å²) in [7, 11) is 0. The standard InChI is InChI=1S/C26H21N7.C24H21N7.C18H19N5.C16H15N5/c1-17(2)24-31-25(22-11-9-18(15-29-22)20-7-3-5-13-27-20)33-26(32-24)23-12-10-19(16-30-23)21-8-4-6-14-28-21;1-17(2)22-27-23(18-3-7-20(8-4-18)30-13-11-25-15-30)29-24(28-22)19-5-9-21(10-6-19)31-14-12-26-16-31;1-11(2)16-21-17(14-9-5-7-12(3)19-14)23-18(22-16)15-10-6-8-13(4)20-15;1-11(2)14-19-15(12-7-3-5-9-17-12)21-16(20-14)13-8-4-6-10-18-13/h3-17H,1-2H3;3-17H,1-2H3;5-11H,1-4H3;3-11H,1-2H3/p+1. The monoisotopic (exact) mass is 1420 g/mol. The van der Waals surface area contributed by atoms with Gasteiger partial charge < -0.3 is 4.57 Å². The molecule has 0 spiro atoms. The minimum atomic E-state index is 0.131. The van der Waals surface area contributed by atoms with E-state index >= 15 is 0 Å². The van der Waals surface area contributed by atoms with Crippen molar-refractivity contribution in [3.8, 4) is 126 Å². The molecule has 16 rings (SSSR count). The van der Waals surface area contributed by atoms with E-state index in [4.69, 9.17) is 15.0 Å². The second-order valence-electron chi connectivity index (χ2n) is 26.1. The van der Waals surface area contributed by atoms with Crippen LogP contribution in [0.3, 0.4) is 0 Å². The lowest BCUT2D eigenvalue weighted by Gasteiger charge is -2.10. The molecule has 0 saturated carbocycles. The van der Waals surface area contributed by atoms with Crippen LogP contribution in [0.15, 0.2) is 257 Å². The van der Waals surface area contributed by atoms with Gasteiger partial charge in [0.05, 0.1) is 17.7 Å². The van der Waals surface area contributed by atoms with Crippen molar-refractivity contribution in [2.75, 3.05) is 0 Å². The maximum Gasteiger partial charge on any atom is 0.246 e. The Bertz CT molecular complexity index is 5240. The largest absolute Gasteiger partial charge is 0.306 e. The normalized spacial score (nSPS) is 11.0. The smallest absolute Gasteiger partial charge is 0.246 e. The molecule has 1 N–H and O–H groups in total. The quantitative estimate of drug-likeness (QED) is 0.0879. The van der Waals surface area contributed by atoms with Gasteiger partial charge in [-0.3, -0.25) is 29.9 Å². The van der Waals surface area contributed by atoms with Crippen molar-refractivity contribution in [3.63, 3.8) is 0 Å². The lowest BCUT2D eigenvalue weighted by Crippen LogP contribution is -2.26. The highest BCUT2D eigenvalue weighted by Gasteiger charge is 2.20. The number of hydrogen-bond donors (Lipinski definition) is 1. The molecule has 0 aliphatic rings. The number of benzene rings is 2. The molecule has 0 atom stereocenters. The van der Waals surface area contributed by atoms with Gasteiger partial charge in [-0.25, -0.2) is 84.3 Å². The Morgan fingerprint density at radius 3 is 0.991 bits per heavy atom. The number of nitrogens with one attached hydrogen (secondary N) is 1. The maximum atomic E-state index is 4.79. The number of nitrogens with zero attached hydrogens (tertiary/aromatic N) is 23. The number of imidazole rings is 2. The molecule has 0 fully saturated rings. The first-order valence-electron chi connectivity index (χ1n) is 35.3. The fourth-order valence-corrected chi connectivity index (χ4v) is 10.7. The third kappa shape index (κ3) is 18.3. The fourth-order valence-electron chi connectivity index (χ4n) is 10.7. The van der Waals surface area contributed by atoms with Crippen molar-refractivity contribution in [2.45, 2.75) is 92.9 Å². The highest BCUT2D eigenvalue weighted by atomic mass is 15.1. The van der Waals surface area contributed by atoms with Gasteiger partial charge in [-0.05, 0) is 159 Å². The zero-order valence-corrected chi connectivity index (χ0v) is 61.3. The van der Waals surface area contributed by atoms with E-state index in [1.807, 2.05) is 218 Å². The number of hydrogen-bond acceptors (Lipinski definition) is 21. The SMILES string of the molecule is CC(C)c1nc(-c2ccc(-c3ccccn3)cn2)nc(-c2ccc(-c3ccccn3)cn2)n1.CC(C)c1nc(-c2ccc(-n3ccnc3)cc2)nc(-c2ccc(-[n+]3cc[nH]c3)cc2)n1.CC(C)c1nc(-c2ccccn2)nc(-c2ccccn2)n1.Cc1cccc(-c2nc(-c3cccc(C)n3)nc(C(C)C)n2)n1. The van der Waals surface area contributed by atoms with Gasteiger partial charge in [0.15, 0.2) is 46.6 Å². The Morgan fingerprint density at radius 2 is 0.657 bits per heavy atom. The molecular formula is C84H77N24+. The third-order valence-electron chi connectivity index (χ3n) is 16.5. The molecule has 0 aliphatic carbocycles. The molecule has 0 bridgehead atoms. The van der Waals surface area contributed by atoms with Gasteiger partial charge in [0.2, 0.25) is 6.33 Å². The van der Waals surface area contributed by atoms with E-state index in [1.165, 1.54) is 0 Å². The molecule has 532 valence electrons. The molecule has 14 aromatic heterocycles. The van der Waals surface area contributed by atoms with Crippen molar-refractivity contribution < 1.29 is 4.57 Å². The Hall–Kier alpha value is -13.9. The second-order valence-corrected chi connectivity index (χ2v) is 26.1. The summed E-state index contributed by atoms with van der Waals surface area (Å²) in [5.74, 6) is 8.43. The molecule has 14 heterocycles. The van der Waals surface area contributed by atoms with E-state index < -0.39 is 0 Å². The van der Waals surface area contributed by atoms with Gasteiger partial charge in [-0.1, -0.05) is 91.8 Å². The Labute approximate surface area is 625 Å². The first-order valence-corrected chi connectivity index (χ1v) is 35.3. The Balaban J connectivity index is 0.000000129. The number of rotatable bonds is 16. The minimum Gasteiger partial charge on any atom is -0.306 e. The van der Waals surface area contributed by atoms with Crippen LogP contribution < -0.4 is 4.57 Å². The molecule has 0 saturated heterocycles. The molecule has 16 aromatic rings. The molecule has 0 unspecified atom stereocenters. The molecule has 0 amide bonds. The van der Waals surface area contributed by atoms with Crippen LogP contribution in [-0.4, -0.2) is 114 Å². The fraction of sp³-hybridized carbons (Fsp3) is 0.167. The minimum absolute atomic E-state index is 0.131. The predicted molar refractivity (Wildman–Crippen MR) is 415 cm³/mol. The third-order valence-corrected chi connectivity index (χ3v) is 16.5. The number of H-pyrrole nitrogens is 1. The van der Waals surface area contributed by atoms with E-state index in [0.29, 0.717) is 63.8 Å². The number of aryl methyl sites for hydroxylation is 2. The molecule has 2 aromatic carbocycles. The lowest BCUT2D eigenvalue weighted by molar-refractivity contribution is -0.594. The van der Waals surface area contributed by atoms with E-state index in [-0.39, 0.29) is 23.7 Å². The van der Waals surface area contributed by atoms with Crippen molar-refractivity contribution in [2.24, 2.45) is 0 Å². The van der Waals surface area contributed by atoms with Gasteiger partial charge in [0, 0.05) is 113 Å². The topological polar surface area (TPSA) is 295 Å². The van der Waals surface area contributed by atoms with E-state index in [1.54, 1.807) is 49.7 Å². The first-order chi connectivity index (χ1) is 52.6. The molecule has 0 radical (unpaired) electrons. The summed E-state index contributed by atoms with van der Waals surface area (Å²) < 4.78 is 3.98. The van der Waals surface area contributed by atoms with E-state index in [2.05, 4.69) is 162 Å². The summed E-state index contributed by atoms with van der Waals surface area (Å²) in [6.45, 7) is 20.4. The van der Waals surface area contributed by atoms with Gasteiger partial charge >= 0.3 is 0 Å². The van der Waals surface area contributed by atoms with Crippen LogP contribution >= 0.6 is 0 Å². The van der Waals surface area contributed by atoms with Crippen molar-refractivity contribution in [1.29, 1.82) is 0 Å². The van der Waals surface area contributed by atoms with E-state index in [0.717, 1.165) is 96.7 Å². The average Bonchev–Trinajstić information content (AvgIpc) is 1.08. The summed E-state index contributed by atoms with van der Waals surface area (Å²) in [5, 5.41) is 0. The molecule has 24 heteroatoms. The van der Waals surface area contributed by atoms with Crippen LogP contribution in [0.2, 0.25) is 0 Å². The Kier molecular flexibility index (Phi) is 22.9. The van der Waals surface area contributed by atoms with Gasteiger partial charge in [-0.2, -0.15) is 0 Å². The number of aromatic amines is 1. The second kappa shape index (κ2) is 34.1. The van der Waals surface area contributed by atoms with Crippen molar-refractivity contribution in [3.05, 3.63) is 291 Å². The lowest BCUT2D eigenvalue weighted by atomic mass is 10.1. The molecule has 0 aliphatic heterocycles.